The van der Waals surface area contributed by atoms with Crippen LogP contribution in [0.4, 0.5) is 0 Å². The smallest absolute Gasteiger partial charge is 0.0412 e. The highest BCUT2D eigenvalue weighted by atomic mass is 35.5. The van der Waals surface area contributed by atoms with Gasteiger partial charge in [-0.3, -0.25) is 0 Å². The van der Waals surface area contributed by atoms with Crippen LogP contribution < -0.4 is 0 Å². The van der Waals surface area contributed by atoms with Crippen LogP contribution in [0.15, 0.2) is 48.5 Å². The van der Waals surface area contributed by atoms with Crippen molar-refractivity contribution in [3.8, 4) is 11.1 Å². The molecule has 0 unspecified atom stereocenters. The minimum Gasteiger partial charge on any atom is -0.0843 e. The van der Waals surface area contributed by atoms with E-state index >= 15 is 0 Å². The lowest BCUT2D eigenvalue weighted by Gasteiger charge is -2.23. The fourth-order valence-corrected chi connectivity index (χ4v) is 2.24. The van der Waals surface area contributed by atoms with Gasteiger partial charge in [0, 0.05) is 5.02 Å². The van der Waals surface area contributed by atoms with E-state index in [4.69, 9.17) is 11.6 Å². The van der Waals surface area contributed by atoms with E-state index in [0.29, 0.717) is 0 Å². The Morgan fingerprint density at radius 3 is 2.24 bits per heavy atom. The van der Waals surface area contributed by atoms with Crippen molar-refractivity contribution in [2.24, 2.45) is 0 Å². The monoisotopic (exact) mass is 244 g/mol. The van der Waals surface area contributed by atoms with Crippen LogP contribution in [-0.4, -0.2) is 0 Å². The third kappa shape index (κ3) is 2.70. The summed E-state index contributed by atoms with van der Waals surface area (Å²) in [7, 11) is 0. The van der Waals surface area contributed by atoms with E-state index in [2.05, 4.69) is 51.1 Å². The lowest BCUT2D eigenvalue weighted by molar-refractivity contribution is 0.592. The highest BCUT2D eigenvalue weighted by molar-refractivity contribution is 6.30. The van der Waals surface area contributed by atoms with E-state index in [1.807, 2.05) is 18.2 Å². The predicted molar refractivity (Wildman–Crippen MR) is 75.6 cm³/mol. The third-order valence-corrected chi connectivity index (χ3v) is 3.11. The van der Waals surface area contributed by atoms with Crippen molar-refractivity contribution in [1.29, 1.82) is 0 Å². The Hall–Kier alpha value is -1.27. The summed E-state index contributed by atoms with van der Waals surface area (Å²) >= 11 is 6.06. The second kappa shape index (κ2) is 4.54. The molecule has 2 aromatic rings. The summed E-state index contributed by atoms with van der Waals surface area (Å²) in [6, 6.07) is 16.5. The Bertz CT molecular complexity index is 521. The number of rotatable bonds is 1. The molecule has 0 saturated heterocycles. The molecule has 0 atom stereocenters. The maximum Gasteiger partial charge on any atom is 0.0412 e. The summed E-state index contributed by atoms with van der Waals surface area (Å²) in [6.07, 6.45) is 0. The van der Waals surface area contributed by atoms with Crippen LogP contribution in [0.25, 0.3) is 11.1 Å². The van der Waals surface area contributed by atoms with E-state index in [0.717, 1.165) is 5.02 Å². The highest BCUT2D eigenvalue weighted by Gasteiger charge is 2.17. The maximum absolute atomic E-state index is 6.06. The zero-order chi connectivity index (χ0) is 12.5. The van der Waals surface area contributed by atoms with Gasteiger partial charge in [-0.1, -0.05) is 68.8 Å². The summed E-state index contributed by atoms with van der Waals surface area (Å²) in [4.78, 5) is 0. The first-order chi connectivity index (χ1) is 7.98. The van der Waals surface area contributed by atoms with Crippen LogP contribution in [0, 0.1) is 0 Å². The van der Waals surface area contributed by atoms with Gasteiger partial charge in [0.05, 0.1) is 0 Å². The van der Waals surface area contributed by atoms with Gasteiger partial charge < -0.3 is 0 Å². The topological polar surface area (TPSA) is 0 Å². The fraction of sp³-hybridized carbons (Fsp3) is 0.250. The van der Waals surface area contributed by atoms with Gasteiger partial charge in [-0.25, -0.2) is 0 Å². The molecule has 0 N–H and O–H groups in total. The molecular weight excluding hydrogens is 228 g/mol. The summed E-state index contributed by atoms with van der Waals surface area (Å²) in [5, 5.41) is 0.784. The molecule has 2 rings (SSSR count). The van der Waals surface area contributed by atoms with E-state index in [1.165, 1.54) is 16.7 Å². The molecule has 0 aromatic heterocycles. The average molecular weight is 245 g/mol. The third-order valence-electron chi connectivity index (χ3n) is 2.87. The molecule has 0 spiro atoms. The predicted octanol–water partition coefficient (Wildman–Crippen LogP) is 5.30. The molecule has 0 amide bonds. The second-order valence-electron chi connectivity index (χ2n) is 5.31. The van der Waals surface area contributed by atoms with Crippen molar-refractivity contribution in [3.63, 3.8) is 0 Å². The molecule has 0 saturated carbocycles. The Morgan fingerprint density at radius 1 is 0.882 bits per heavy atom. The molecule has 0 nitrogen and oxygen atoms in total. The van der Waals surface area contributed by atoms with E-state index in [-0.39, 0.29) is 5.41 Å². The minimum absolute atomic E-state index is 0.138. The number of benzene rings is 2. The molecule has 17 heavy (non-hydrogen) atoms. The van der Waals surface area contributed by atoms with Crippen LogP contribution in [0.3, 0.4) is 0 Å². The van der Waals surface area contributed by atoms with Gasteiger partial charge >= 0.3 is 0 Å². The van der Waals surface area contributed by atoms with Gasteiger partial charge in [0.25, 0.3) is 0 Å². The standard InChI is InChI=1S/C16H17Cl/c1-16(2,3)15-10-5-4-9-14(15)12-7-6-8-13(17)11-12/h4-11H,1-3H3. The van der Waals surface area contributed by atoms with E-state index in [1.54, 1.807) is 0 Å². The second-order valence-corrected chi connectivity index (χ2v) is 5.74. The van der Waals surface area contributed by atoms with Crippen LogP contribution in [0.2, 0.25) is 5.02 Å². The van der Waals surface area contributed by atoms with Crippen LogP contribution in [0.1, 0.15) is 26.3 Å². The number of halogens is 1. The summed E-state index contributed by atoms with van der Waals surface area (Å²) < 4.78 is 0. The molecule has 0 bridgehead atoms. The zero-order valence-electron chi connectivity index (χ0n) is 10.5. The molecule has 0 aliphatic carbocycles. The maximum atomic E-state index is 6.06. The Kier molecular flexibility index (Phi) is 3.26. The Labute approximate surface area is 108 Å². The largest absolute Gasteiger partial charge is 0.0843 e. The first-order valence-corrected chi connectivity index (χ1v) is 6.22. The van der Waals surface area contributed by atoms with Crippen molar-refractivity contribution in [1.82, 2.24) is 0 Å². The highest BCUT2D eigenvalue weighted by Crippen LogP contribution is 2.33. The van der Waals surface area contributed by atoms with Crippen LogP contribution in [-0.2, 0) is 5.41 Å². The SMILES string of the molecule is CC(C)(C)c1ccccc1-c1cccc(Cl)c1. The average Bonchev–Trinajstić information content (AvgIpc) is 2.28. The Morgan fingerprint density at radius 2 is 1.59 bits per heavy atom. The molecule has 0 aliphatic heterocycles. The van der Waals surface area contributed by atoms with Crippen molar-refractivity contribution in [2.45, 2.75) is 26.2 Å². The molecule has 2 aromatic carbocycles. The molecule has 0 aliphatic rings. The van der Waals surface area contributed by atoms with Crippen molar-refractivity contribution in [2.75, 3.05) is 0 Å². The lowest BCUT2D eigenvalue weighted by atomic mass is 9.82. The zero-order valence-corrected chi connectivity index (χ0v) is 11.3. The first-order valence-electron chi connectivity index (χ1n) is 5.84. The Balaban J connectivity index is 2.60. The van der Waals surface area contributed by atoms with Gasteiger partial charge in [-0.05, 0) is 34.2 Å². The van der Waals surface area contributed by atoms with E-state index in [9.17, 15) is 0 Å². The van der Waals surface area contributed by atoms with Gasteiger partial charge in [-0.15, -0.1) is 0 Å². The normalized spacial score (nSPS) is 11.5. The van der Waals surface area contributed by atoms with Gasteiger partial charge in [0.2, 0.25) is 0 Å². The van der Waals surface area contributed by atoms with Crippen LogP contribution >= 0.6 is 11.6 Å². The molecule has 0 radical (unpaired) electrons. The van der Waals surface area contributed by atoms with E-state index < -0.39 is 0 Å². The van der Waals surface area contributed by atoms with Crippen molar-refractivity contribution in [3.05, 3.63) is 59.1 Å². The van der Waals surface area contributed by atoms with Gasteiger partial charge in [0.15, 0.2) is 0 Å². The molecule has 88 valence electrons. The fourth-order valence-electron chi connectivity index (χ4n) is 2.04. The first kappa shape index (κ1) is 12.2. The molecule has 0 heterocycles. The minimum atomic E-state index is 0.138. The van der Waals surface area contributed by atoms with Gasteiger partial charge in [0.1, 0.15) is 0 Å². The lowest BCUT2D eigenvalue weighted by Crippen LogP contribution is -2.12. The quantitative estimate of drug-likeness (QED) is 0.638. The summed E-state index contributed by atoms with van der Waals surface area (Å²) in [5.74, 6) is 0. The van der Waals surface area contributed by atoms with Crippen LogP contribution in [0.5, 0.6) is 0 Å². The molecule has 1 heteroatoms. The number of hydrogen-bond acceptors (Lipinski definition) is 0. The molecule has 0 fully saturated rings. The number of hydrogen-bond donors (Lipinski definition) is 0. The molecular formula is C16H17Cl. The summed E-state index contributed by atoms with van der Waals surface area (Å²) in [6.45, 7) is 6.70. The van der Waals surface area contributed by atoms with Crippen molar-refractivity contribution < 1.29 is 0 Å². The van der Waals surface area contributed by atoms with Crippen molar-refractivity contribution >= 4 is 11.6 Å². The van der Waals surface area contributed by atoms with Gasteiger partial charge in [-0.2, -0.15) is 0 Å². The summed E-state index contributed by atoms with van der Waals surface area (Å²) in [5.41, 5.74) is 3.94.